The van der Waals surface area contributed by atoms with Gasteiger partial charge in [-0.15, -0.1) is 0 Å². The maximum Gasteiger partial charge on any atom is 0.266 e. The van der Waals surface area contributed by atoms with Crippen molar-refractivity contribution < 1.29 is 13.9 Å². The van der Waals surface area contributed by atoms with Crippen LogP contribution in [-0.4, -0.2) is 34.5 Å². The molecule has 0 spiro atoms. The summed E-state index contributed by atoms with van der Waals surface area (Å²) in [6, 6.07) is 17.4. The second kappa shape index (κ2) is 9.04. The van der Waals surface area contributed by atoms with E-state index in [1.165, 1.54) is 4.57 Å². The third-order valence-electron chi connectivity index (χ3n) is 6.55. The zero-order valence-electron chi connectivity index (χ0n) is 18.8. The minimum atomic E-state index is -0.728. The van der Waals surface area contributed by atoms with Crippen LogP contribution >= 0.6 is 0 Å². The van der Waals surface area contributed by atoms with E-state index in [0.717, 1.165) is 36.0 Å². The van der Waals surface area contributed by atoms with Gasteiger partial charge in [-0.05, 0) is 30.4 Å². The van der Waals surface area contributed by atoms with Crippen LogP contribution in [0.15, 0.2) is 63.8 Å². The lowest BCUT2D eigenvalue weighted by molar-refractivity contribution is 0.253. The molecule has 0 aliphatic heterocycles. The third-order valence-corrected chi connectivity index (χ3v) is 6.55. The van der Waals surface area contributed by atoms with E-state index in [9.17, 15) is 14.3 Å². The van der Waals surface area contributed by atoms with Gasteiger partial charge in [-0.3, -0.25) is 9.36 Å². The lowest BCUT2D eigenvalue weighted by atomic mass is 9.72. The molecule has 0 atom stereocenters. The number of rotatable bonds is 8. The maximum absolute atomic E-state index is 13.6. The number of halogens is 1. The standard InChI is InChI=1S/C26H27FN4O3/c27-13-15-31-24(33)21-20(17-5-2-1-3-6-17)22(34-23(21)30-25(31)29-14-16-32)18-7-9-19(10-8-18)26(28)11-4-12-26/h1-3,5-10,32H,4,11-16,28H2,(H,29,30). The normalized spacial score (nSPS) is 14.8. The predicted molar refractivity (Wildman–Crippen MR) is 130 cm³/mol. The number of anilines is 1. The van der Waals surface area contributed by atoms with E-state index >= 15 is 0 Å². The SMILES string of the molecule is NC1(c2ccc(-c3oc4nc(NCCO)n(CCF)c(=O)c4c3-c3ccccc3)cc2)CCC1. The zero-order valence-corrected chi connectivity index (χ0v) is 18.8. The van der Waals surface area contributed by atoms with Gasteiger partial charge in [0.2, 0.25) is 11.7 Å². The molecule has 2 aromatic heterocycles. The molecule has 0 radical (unpaired) electrons. The number of aromatic nitrogens is 2. The van der Waals surface area contributed by atoms with Gasteiger partial charge in [0.05, 0.1) is 13.2 Å². The van der Waals surface area contributed by atoms with Gasteiger partial charge in [0, 0.05) is 23.2 Å². The summed E-state index contributed by atoms with van der Waals surface area (Å²) < 4.78 is 20.8. The Morgan fingerprint density at radius 2 is 1.85 bits per heavy atom. The number of furan rings is 1. The third kappa shape index (κ3) is 3.78. The van der Waals surface area contributed by atoms with Crippen molar-refractivity contribution in [3.8, 4) is 22.5 Å². The van der Waals surface area contributed by atoms with Gasteiger partial charge in [-0.2, -0.15) is 4.98 Å². The van der Waals surface area contributed by atoms with Crippen molar-refractivity contribution in [1.29, 1.82) is 0 Å². The Hall–Kier alpha value is -3.49. The van der Waals surface area contributed by atoms with Crippen LogP contribution in [0, 0.1) is 0 Å². The Balaban J connectivity index is 1.73. The highest BCUT2D eigenvalue weighted by atomic mass is 19.1. The molecule has 1 aliphatic rings. The van der Waals surface area contributed by atoms with Crippen LogP contribution in [0.4, 0.5) is 10.3 Å². The minimum Gasteiger partial charge on any atom is -0.437 e. The maximum atomic E-state index is 13.6. The van der Waals surface area contributed by atoms with E-state index in [2.05, 4.69) is 10.3 Å². The summed E-state index contributed by atoms with van der Waals surface area (Å²) in [5, 5.41) is 12.4. The van der Waals surface area contributed by atoms with Crippen molar-refractivity contribution in [2.45, 2.75) is 31.3 Å². The molecule has 34 heavy (non-hydrogen) atoms. The second-order valence-corrected chi connectivity index (χ2v) is 8.67. The minimum absolute atomic E-state index is 0.155. The highest BCUT2D eigenvalue weighted by molar-refractivity contribution is 6.00. The van der Waals surface area contributed by atoms with E-state index in [4.69, 9.17) is 10.2 Å². The van der Waals surface area contributed by atoms with E-state index < -0.39 is 12.2 Å². The molecule has 0 bridgehead atoms. The molecule has 4 aromatic rings. The van der Waals surface area contributed by atoms with Crippen molar-refractivity contribution in [1.82, 2.24) is 9.55 Å². The summed E-state index contributed by atoms with van der Waals surface area (Å²) in [7, 11) is 0. The molecule has 0 saturated heterocycles. The van der Waals surface area contributed by atoms with Crippen LogP contribution in [0.1, 0.15) is 24.8 Å². The largest absolute Gasteiger partial charge is 0.437 e. The van der Waals surface area contributed by atoms with Gasteiger partial charge in [-0.1, -0.05) is 54.6 Å². The van der Waals surface area contributed by atoms with Crippen LogP contribution in [0.5, 0.6) is 0 Å². The Kier molecular flexibility index (Phi) is 5.93. The van der Waals surface area contributed by atoms with E-state index in [0.29, 0.717) is 16.7 Å². The molecule has 1 fully saturated rings. The summed E-state index contributed by atoms with van der Waals surface area (Å²) in [5.74, 6) is 0.678. The molecule has 5 rings (SSSR count). The number of alkyl halides is 1. The quantitative estimate of drug-likeness (QED) is 0.365. The number of nitrogens with two attached hydrogens (primary N) is 1. The van der Waals surface area contributed by atoms with E-state index in [1.54, 1.807) is 0 Å². The molecule has 176 valence electrons. The molecule has 1 aliphatic carbocycles. The van der Waals surface area contributed by atoms with Crippen molar-refractivity contribution in [2.75, 3.05) is 25.1 Å². The average Bonchev–Trinajstić information content (AvgIpc) is 3.23. The number of benzene rings is 2. The Morgan fingerprint density at radius 3 is 2.47 bits per heavy atom. The number of hydrogen-bond acceptors (Lipinski definition) is 6. The Morgan fingerprint density at radius 1 is 1.12 bits per heavy atom. The summed E-state index contributed by atoms with van der Waals surface area (Å²) in [6.07, 6.45) is 3.06. The van der Waals surface area contributed by atoms with Gasteiger partial charge in [0.15, 0.2) is 0 Å². The van der Waals surface area contributed by atoms with Gasteiger partial charge in [0.25, 0.3) is 5.56 Å². The van der Waals surface area contributed by atoms with Gasteiger partial charge < -0.3 is 20.6 Å². The average molecular weight is 463 g/mol. The monoisotopic (exact) mass is 462 g/mol. The molecule has 0 amide bonds. The number of hydrogen-bond donors (Lipinski definition) is 3. The summed E-state index contributed by atoms with van der Waals surface area (Å²) in [6.45, 7) is -0.866. The predicted octanol–water partition coefficient (Wildman–Crippen LogP) is 4.04. The molecule has 7 nitrogen and oxygen atoms in total. The lowest BCUT2D eigenvalue weighted by Gasteiger charge is -2.38. The summed E-state index contributed by atoms with van der Waals surface area (Å²) in [5.41, 5.74) is 9.27. The fourth-order valence-corrected chi connectivity index (χ4v) is 4.56. The number of aliphatic hydroxyl groups excluding tert-OH is 1. The first-order chi connectivity index (χ1) is 16.6. The zero-order chi connectivity index (χ0) is 23.7. The molecule has 0 unspecified atom stereocenters. The fraction of sp³-hybridized carbons (Fsp3) is 0.308. The lowest BCUT2D eigenvalue weighted by Crippen LogP contribution is -2.43. The topological polar surface area (TPSA) is 106 Å². The van der Waals surface area contributed by atoms with Crippen LogP contribution in [0.2, 0.25) is 0 Å². The van der Waals surface area contributed by atoms with Crippen molar-refractivity contribution >= 4 is 17.0 Å². The number of aliphatic hydroxyl groups is 1. The number of nitrogens with zero attached hydrogens (tertiary/aromatic N) is 2. The number of fused-ring (bicyclic) bond motifs is 1. The van der Waals surface area contributed by atoms with E-state index in [1.807, 2.05) is 54.6 Å². The Bertz CT molecular complexity index is 1360. The van der Waals surface area contributed by atoms with Gasteiger partial charge in [0.1, 0.15) is 17.8 Å². The molecule has 2 heterocycles. The molecule has 4 N–H and O–H groups in total. The molecular weight excluding hydrogens is 435 g/mol. The van der Waals surface area contributed by atoms with Crippen molar-refractivity contribution in [3.05, 3.63) is 70.5 Å². The van der Waals surface area contributed by atoms with Crippen LogP contribution in [0.3, 0.4) is 0 Å². The van der Waals surface area contributed by atoms with Gasteiger partial charge >= 0.3 is 0 Å². The Labute approximate surface area is 196 Å². The second-order valence-electron chi connectivity index (χ2n) is 8.67. The van der Waals surface area contributed by atoms with Crippen LogP contribution < -0.4 is 16.6 Å². The highest BCUT2D eigenvalue weighted by Crippen LogP contribution is 2.42. The first-order valence-electron chi connectivity index (χ1n) is 11.5. The van der Waals surface area contributed by atoms with Crippen molar-refractivity contribution in [2.24, 2.45) is 5.73 Å². The molecule has 1 saturated carbocycles. The van der Waals surface area contributed by atoms with E-state index in [-0.39, 0.29) is 36.9 Å². The van der Waals surface area contributed by atoms with Gasteiger partial charge in [-0.25, -0.2) is 4.39 Å². The first-order valence-corrected chi connectivity index (χ1v) is 11.5. The van der Waals surface area contributed by atoms with Crippen LogP contribution in [-0.2, 0) is 12.1 Å². The molecular formula is C26H27FN4O3. The summed E-state index contributed by atoms with van der Waals surface area (Å²) >= 11 is 0. The van der Waals surface area contributed by atoms with Crippen LogP contribution in [0.25, 0.3) is 33.6 Å². The first kappa shape index (κ1) is 22.3. The summed E-state index contributed by atoms with van der Waals surface area (Å²) in [4.78, 5) is 18.0. The number of nitrogens with one attached hydrogen (secondary N) is 1. The van der Waals surface area contributed by atoms with Crippen molar-refractivity contribution in [3.63, 3.8) is 0 Å². The smallest absolute Gasteiger partial charge is 0.266 e. The molecule has 8 heteroatoms. The molecule has 2 aromatic carbocycles. The highest BCUT2D eigenvalue weighted by Gasteiger charge is 2.34. The fourth-order valence-electron chi connectivity index (χ4n) is 4.56.